The summed E-state index contributed by atoms with van der Waals surface area (Å²) in [5.74, 6) is 0. The molecule has 0 N–H and O–H groups in total. The van der Waals surface area contributed by atoms with Gasteiger partial charge in [0.25, 0.3) is 0 Å². The van der Waals surface area contributed by atoms with E-state index in [9.17, 15) is 0 Å². The molecular formula is C4H7NO2. The van der Waals surface area contributed by atoms with Crippen molar-refractivity contribution >= 4 is 6.21 Å². The average Bonchev–Trinajstić information content (AvgIpc) is 2.14. The molecule has 40 valence electrons. The summed E-state index contributed by atoms with van der Waals surface area (Å²) in [5.41, 5.74) is 0. The average molecular weight is 101 g/mol. The van der Waals surface area contributed by atoms with Gasteiger partial charge in [-0.25, -0.2) is 0 Å². The molecule has 0 saturated heterocycles. The van der Waals surface area contributed by atoms with Crippen LogP contribution in [0, 0.1) is 0 Å². The monoisotopic (exact) mass is 101 g/mol. The van der Waals surface area contributed by atoms with Gasteiger partial charge in [0, 0.05) is 7.11 Å². The van der Waals surface area contributed by atoms with Gasteiger partial charge in [0.05, 0.1) is 12.6 Å². The number of rotatable bonds is 1. The van der Waals surface area contributed by atoms with Gasteiger partial charge in [-0.1, -0.05) is 5.16 Å². The second-order valence-corrected chi connectivity index (χ2v) is 1.29. The lowest BCUT2D eigenvalue weighted by Gasteiger charge is -2.01. The third-order valence-corrected chi connectivity index (χ3v) is 0.814. The third kappa shape index (κ3) is 0.899. The number of oxime groups is 1. The van der Waals surface area contributed by atoms with E-state index in [1.54, 1.807) is 13.3 Å². The zero-order valence-corrected chi connectivity index (χ0v) is 4.13. The van der Waals surface area contributed by atoms with Crippen molar-refractivity contribution in [2.24, 2.45) is 5.16 Å². The van der Waals surface area contributed by atoms with E-state index in [2.05, 4.69) is 9.99 Å². The van der Waals surface area contributed by atoms with Crippen LogP contribution < -0.4 is 0 Å². The zero-order chi connectivity index (χ0) is 5.11. The SMILES string of the molecule is COC1CC=NO1. The van der Waals surface area contributed by atoms with E-state index in [0.717, 1.165) is 6.42 Å². The smallest absolute Gasteiger partial charge is 0.231 e. The van der Waals surface area contributed by atoms with Gasteiger partial charge in [-0.05, 0) is 0 Å². The van der Waals surface area contributed by atoms with E-state index < -0.39 is 0 Å². The summed E-state index contributed by atoms with van der Waals surface area (Å²) >= 11 is 0. The van der Waals surface area contributed by atoms with Crippen molar-refractivity contribution in [1.29, 1.82) is 0 Å². The van der Waals surface area contributed by atoms with Crippen molar-refractivity contribution in [3.05, 3.63) is 0 Å². The van der Waals surface area contributed by atoms with Crippen molar-refractivity contribution in [3.8, 4) is 0 Å². The van der Waals surface area contributed by atoms with E-state index in [-0.39, 0.29) is 6.29 Å². The highest BCUT2D eigenvalue weighted by molar-refractivity contribution is 5.58. The molecule has 0 fully saturated rings. The first-order valence-electron chi connectivity index (χ1n) is 2.14. The van der Waals surface area contributed by atoms with Crippen LogP contribution in [-0.2, 0) is 9.57 Å². The molecule has 0 aromatic rings. The molecule has 1 atom stereocenters. The molecule has 0 aromatic carbocycles. The Morgan fingerprint density at radius 3 is 3.14 bits per heavy atom. The standard InChI is InChI=1S/C4H7NO2/c1-6-4-2-3-5-7-4/h3-4H,2H2,1H3. The lowest BCUT2D eigenvalue weighted by atomic mass is 10.5. The van der Waals surface area contributed by atoms with Gasteiger partial charge in [0.15, 0.2) is 0 Å². The summed E-state index contributed by atoms with van der Waals surface area (Å²) < 4.78 is 4.76. The molecule has 0 amide bonds. The Hall–Kier alpha value is -0.570. The highest BCUT2D eigenvalue weighted by atomic mass is 16.8. The molecule has 1 aliphatic heterocycles. The van der Waals surface area contributed by atoms with Gasteiger partial charge in [0.1, 0.15) is 0 Å². The Labute approximate surface area is 41.9 Å². The Balaban J connectivity index is 2.22. The van der Waals surface area contributed by atoms with Crippen LogP contribution >= 0.6 is 0 Å². The van der Waals surface area contributed by atoms with Crippen LogP contribution in [0.4, 0.5) is 0 Å². The number of methoxy groups -OCH3 is 1. The summed E-state index contributed by atoms with van der Waals surface area (Å²) in [7, 11) is 1.60. The van der Waals surface area contributed by atoms with Crippen molar-refractivity contribution in [3.63, 3.8) is 0 Å². The molecule has 7 heavy (non-hydrogen) atoms. The van der Waals surface area contributed by atoms with Gasteiger partial charge in [-0.15, -0.1) is 0 Å². The zero-order valence-electron chi connectivity index (χ0n) is 4.13. The molecule has 3 heteroatoms. The maximum atomic E-state index is 4.76. The molecule has 1 rings (SSSR count). The minimum absolute atomic E-state index is 0.125. The van der Waals surface area contributed by atoms with Crippen LogP contribution in [-0.4, -0.2) is 19.6 Å². The molecule has 0 spiro atoms. The van der Waals surface area contributed by atoms with Crippen LogP contribution in [0.3, 0.4) is 0 Å². The molecule has 1 unspecified atom stereocenters. The number of hydrogen-bond donors (Lipinski definition) is 0. The third-order valence-electron chi connectivity index (χ3n) is 0.814. The molecular weight excluding hydrogens is 94.0 g/mol. The van der Waals surface area contributed by atoms with E-state index >= 15 is 0 Å². The minimum Gasteiger partial charge on any atom is -0.364 e. The predicted molar refractivity (Wildman–Crippen MR) is 25.0 cm³/mol. The van der Waals surface area contributed by atoms with Crippen LogP contribution in [0.5, 0.6) is 0 Å². The lowest BCUT2D eigenvalue weighted by Crippen LogP contribution is -2.06. The fourth-order valence-corrected chi connectivity index (χ4v) is 0.422. The van der Waals surface area contributed by atoms with Crippen LogP contribution in [0.15, 0.2) is 5.16 Å². The molecule has 1 aliphatic rings. The maximum absolute atomic E-state index is 4.76. The van der Waals surface area contributed by atoms with Gasteiger partial charge >= 0.3 is 0 Å². The van der Waals surface area contributed by atoms with Gasteiger partial charge in [-0.3, -0.25) is 0 Å². The van der Waals surface area contributed by atoms with Crippen molar-refractivity contribution < 1.29 is 9.57 Å². The molecule has 0 saturated carbocycles. The second kappa shape index (κ2) is 1.93. The van der Waals surface area contributed by atoms with E-state index in [4.69, 9.17) is 4.74 Å². The van der Waals surface area contributed by atoms with E-state index in [1.165, 1.54) is 0 Å². The highest BCUT2D eigenvalue weighted by Gasteiger charge is 2.09. The minimum atomic E-state index is -0.125. The van der Waals surface area contributed by atoms with Gasteiger partial charge < -0.3 is 9.57 Å². The quantitative estimate of drug-likeness (QED) is 0.477. The van der Waals surface area contributed by atoms with Crippen molar-refractivity contribution in [2.45, 2.75) is 12.7 Å². The fraction of sp³-hybridized carbons (Fsp3) is 0.750. The molecule has 1 heterocycles. The Morgan fingerprint density at radius 2 is 2.86 bits per heavy atom. The largest absolute Gasteiger partial charge is 0.364 e. The Kier molecular flexibility index (Phi) is 1.26. The summed E-state index contributed by atoms with van der Waals surface area (Å²) in [6.45, 7) is 0. The van der Waals surface area contributed by atoms with Crippen molar-refractivity contribution in [1.82, 2.24) is 0 Å². The molecule has 0 bridgehead atoms. The summed E-state index contributed by atoms with van der Waals surface area (Å²) in [5, 5.41) is 3.49. The first kappa shape index (κ1) is 4.59. The molecule has 0 aliphatic carbocycles. The fourth-order valence-electron chi connectivity index (χ4n) is 0.422. The summed E-state index contributed by atoms with van der Waals surface area (Å²) in [6.07, 6.45) is 2.34. The Morgan fingerprint density at radius 1 is 2.00 bits per heavy atom. The topological polar surface area (TPSA) is 30.8 Å². The van der Waals surface area contributed by atoms with Gasteiger partial charge in [-0.2, -0.15) is 0 Å². The van der Waals surface area contributed by atoms with Crippen LogP contribution in [0.1, 0.15) is 6.42 Å². The molecule has 0 aromatic heterocycles. The van der Waals surface area contributed by atoms with E-state index in [0.29, 0.717) is 0 Å². The normalized spacial score (nSPS) is 27.9. The second-order valence-electron chi connectivity index (χ2n) is 1.29. The summed E-state index contributed by atoms with van der Waals surface area (Å²) in [4.78, 5) is 4.65. The lowest BCUT2D eigenvalue weighted by molar-refractivity contribution is -0.103. The Bertz CT molecular complexity index is 73.8. The van der Waals surface area contributed by atoms with Crippen LogP contribution in [0.2, 0.25) is 0 Å². The van der Waals surface area contributed by atoms with Crippen molar-refractivity contribution in [2.75, 3.05) is 7.11 Å². The number of hydrogen-bond acceptors (Lipinski definition) is 3. The molecule has 3 nitrogen and oxygen atoms in total. The molecule has 0 radical (unpaired) electrons. The summed E-state index contributed by atoms with van der Waals surface area (Å²) in [6, 6.07) is 0. The number of ether oxygens (including phenoxy) is 1. The highest BCUT2D eigenvalue weighted by Crippen LogP contribution is 2.02. The number of nitrogens with zero attached hydrogens (tertiary/aromatic N) is 1. The van der Waals surface area contributed by atoms with Crippen LogP contribution in [0.25, 0.3) is 0 Å². The van der Waals surface area contributed by atoms with E-state index in [1.807, 2.05) is 0 Å². The predicted octanol–water partition coefficient (Wildman–Crippen LogP) is 0.365. The first-order valence-corrected chi connectivity index (χ1v) is 2.14. The first-order chi connectivity index (χ1) is 3.43. The maximum Gasteiger partial charge on any atom is 0.231 e. The van der Waals surface area contributed by atoms with Gasteiger partial charge in [0.2, 0.25) is 6.29 Å².